The van der Waals surface area contributed by atoms with Gasteiger partial charge in [-0.3, -0.25) is 0 Å². The molecule has 0 saturated carbocycles. The second-order valence-corrected chi connectivity index (χ2v) is 4.82. The molecule has 0 aliphatic carbocycles. The number of hydrogen-bond donors (Lipinski definition) is 2. The van der Waals surface area contributed by atoms with Crippen LogP contribution >= 0.6 is 0 Å². The average Bonchev–Trinajstić information content (AvgIpc) is 2.10. The average molecular weight is 207 g/mol. The van der Waals surface area contributed by atoms with E-state index < -0.39 is 5.60 Å². The van der Waals surface area contributed by atoms with Gasteiger partial charge in [0.1, 0.15) is 0 Å². The van der Waals surface area contributed by atoms with Crippen LogP contribution in [0.2, 0.25) is 0 Å². The lowest BCUT2D eigenvalue weighted by molar-refractivity contribution is 0.0649. The summed E-state index contributed by atoms with van der Waals surface area (Å²) < 4.78 is 0. The smallest absolute Gasteiger partial charge is 0.0789 e. The minimum atomic E-state index is -0.710. The molecule has 84 valence electrons. The van der Waals surface area contributed by atoms with E-state index in [9.17, 15) is 5.11 Å². The molecule has 0 bridgehead atoms. The molecule has 2 N–H and O–H groups in total. The first-order valence-electron chi connectivity index (χ1n) is 5.37. The Balaban J connectivity index is 2.78. The van der Waals surface area contributed by atoms with Crippen molar-refractivity contribution in [2.45, 2.75) is 46.3 Å². The van der Waals surface area contributed by atoms with Gasteiger partial charge >= 0.3 is 0 Å². The van der Waals surface area contributed by atoms with E-state index in [0.717, 1.165) is 5.69 Å². The molecule has 0 aliphatic heterocycles. The second kappa shape index (κ2) is 4.23. The molecule has 0 aromatic heterocycles. The minimum Gasteiger partial charge on any atom is -0.388 e. The molecule has 0 spiro atoms. The molecule has 0 amide bonds. The molecular weight excluding hydrogens is 186 g/mol. The first kappa shape index (κ1) is 12.1. The van der Waals surface area contributed by atoms with Gasteiger partial charge in [0, 0.05) is 5.69 Å². The molecule has 15 heavy (non-hydrogen) atoms. The van der Waals surface area contributed by atoms with Crippen molar-refractivity contribution in [1.82, 2.24) is 0 Å². The van der Waals surface area contributed by atoms with Gasteiger partial charge in [-0.2, -0.15) is 0 Å². The van der Waals surface area contributed by atoms with Gasteiger partial charge in [-0.05, 0) is 57.9 Å². The van der Waals surface area contributed by atoms with E-state index in [-0.39, 0.29) is 6.04 Å². The fourth-order valence-corrected chi connectivity index (χ4v) is 1.26. The first-order valence-corrected chi connectivity index (χ1v) is 5.37. The van der Waals surface area contributed by atoms with E-state index in [1.807, 2.05) is 26.8 Å². The van der Waals surface area contributed by atoms with Crippen LogP contribution in [0, 0.1) is 13.8 Å². The summed E-state index contributed by atoms with van der Waals surface area (Å²) in [6, 6.07) is 6.27. The van der Waals surface area contributed by atoms with Gasteiger partial charge in [-0.15, -0.1) is 0 Å². The molecule has 1 aromatic rings. The zero-order valence-electron chi connectivity index (χ0n) is 10.3. The highest BCUT2D eigenvalue weighted by Crippen LogP contribution is 2.18. The Morgan fingerprint density at radius 1 is 1.20 bits per heavy atom. The third-order valence-electron chi connectivity index (χ3n) is 2.95. The van der Waals surface area contributed by atoms with Crippen LogP contribution in [-0.2, 0) is 0 Å². The number of nitrogens with one attached hydrogen (secondary N) is 1. The maximum absolute atomic E-state index is 9.81. The van der Waals surface area contributed by atoms with E-state index in [2.05, 4.69) is 31.3 Å². The van der Waals surface area contributed by atoms with E-state index in [0.29, 0.717) is 0 Å². The Bertz CT molecular complexity index is 339. The highest BCUT2D eigenvalue weighted by atomic mass is 16.3. The summed E-state index contributed by atoms with van der Waals surface area (Å²) in [5, 5.41) is 13.1. The van der Waals surface area contributed by atoms with Crippen molar-refractivity contribution >= 4 is 5.69 Å². The van der Waals surface area contributed by atoms with Crippen LogP contribution in [0.25, 0.3) is 0 Å². The number of aliphatic hydroxyl groups is 1. The summed E-state index contributed by atoms with van der Waals surface area (Å²) in [5.41, 5.74) is 2.91. The van der Waals surface area contributed by atoms with Crippen molar-refractivity contribution in [3.8, 4) is 0 Å². The largest absolute Gasteiger partial charge is 0.388 e. The summed E-state index contributed by atoms with van der Waals surface area (Å²) in [5.74, 6) is 0. The van der Waals surface area contributed by atoms with Gasteiger partial charge in [-0.25, -0.2) is 0 Å². The number of aryl methyl sites for hydroxylation is 2. The Morgan fingerprint density at radius 2 is 1.80 bits per heavy atom. The fraction of sp³-hybridized carbons (Fsp3) is 0.538. The minimum absolute atomic E-state index is 0.0274. The van der Waals surface area contributed by atoms with Crippen molar-refractivity contribution in [3.05, 3.63) is 29.3 Å². The zero-order chi connectivity index (χ0) is 11.6. The van der Waals surface area contributed by atoms with Gasteiger partial charge in [0.25, 0.3) is 0 Å². The van der Waals surface area contributed by atoms with Gasteiger partial charge in [0.05, 0.1) is 11.6 Å². The summed E-state index contributed by atoms with van der Waals surface area (Å²) in [6.45, 7) is 9.79. The number of rotatable bonds is 3. The maximum Gasteiger partial charge on any atom is 0.0789 e. The van der Waals surface area contributed by atoms with Crippen LogP contribution in [-0.4, -0.2) is 16.7 Å². The summed E-state index contributed by atoms with van der Waals surface area (Å²) in [7, 11) is 0. The molecule has 0 aliphatic rings. The molecule has 0 fully saturated rings. The van der Waals surface area contributed by atoms with E-state index >= 15 is 0 Å². The Labute approximate surface area is 92.3 Å². The van der Waals surface area contributed by atoms with Gasteiger partial charge in [0.15, 0.2) is 0 Å². The van der Waals surface area contributed by atoms with Gasteiger partial charge in [-0.1, -0.05) is 6.07 Å². The number of anilines is 1. The quantitative estimate of drug-likeness (QED) is 0.798. The standard InChI is InChI=1S/C13H21NO/c1-9-6-7-12(8-10(9)2)14-11(3)13(4,5)15/h6-8,11,14-15H,1-5H3. The Morgan fingerprint density at radius 3 is 2.27 bits per heavy atom. The predicted molar refractivity (Wildman–Crippen MR) is 65.3 cm³/mol. The molecule has 1 rings (SSSR count). The van der Waals surface area contributed by atoms with Gasteiger partial charge < -0.3 is 10.4 Å². The van der Waals surface area contributed by atoms with Crippen molar-refractivity contribution in [3.63, 3.8) is 0 Å². The lowest BCUT2D eigenvalue weighted by atomic mass is 10.00. The summed E-state index contributed by atoms with van der Waals surface area (Å²) >= 11 is 0. The fourth-order valence-electron chi connectivity index (χ4n) is 1.26. The summed E-state index contributed by atoms with van der Waals surface area (Å²) in [6.07, 6.45) is 0. The molecule has 0 radical (unpaired) electrons. The molecule has 1 unspecified atom stereocenters. The third kappa shape index (κ3) is 3.24. The van der Waals surface area contributed by atoms with Crippen molar-refractivity contribution in [2.24, 2.45) is 0 Å². The van der Waals surface area contributed by atoms with Crippen molar-refractivity contribution in [1.29, 1.82) is 0 Å². The van der Waals surface area contributed by atoms with Crippen molar-refractivity contribution in [2.75, 3.05) is 5.32 Å². The highest BCUT2D eigenvalue weighted by Gasteiger charge is 2.21. The second-order valence-electron chi connectivity index (χ2n) is 4.82. The number of benzene rings is 1. The highest BCUT2D eigenvalue weighted by molar-refractivity contribution is 5.49. The van der Waals surface area contributed by atoms with Crippen LogP contribution in [0.5, 0.6) is 0 Å². The number of hydrogen-bond acceptors (Lipinski definition) is 2. The summed E-state index contributed by atoms with van der Waals surface area (Å²) in [4.78, 5) is 0. The van der Waals surface area contributed by atoms with Crippen LogP contribution in [0.1, 0.15) is 31.9 Å². The molecule has 0 saturated heterocycles. The van der Waals surface area contributed by atoms with Crippen LogP contribution in [0.4, 0.5) is 5.69 Å². The van der Waals surface area contributed by atoms with Crippen LogP contribution in [0.15, 0.2) is 18.2 Å². The molecular formula is C13H21NO. The van der Waals surface area contributed by atoms with E-state index in [1.54, 1.807) is 0 Å². The lowest BCUT2D eigenvalue weighted by Crippen LogP contribution is -2.39. The molecule has 0 heterocycles. The Kier molecular flexibility index (Phi) is 3.40. The molecule has 2 nitrogen and oxygen atoms in total. The van der Waals surface area contributed by atoms with Crippen LogP contribution in [0.3, 0.4) is 0 Å². The van der Waals surface area contributed by atoms with Crippen molar-refractivity contribution < 1.29 is 5.11 Å². The third-order valence-corrected chi connectivity index (χ3v) is 2.95. The first-order chi connectivity index (χ1) is 6.80. The lowest BCUT2D eigenvalue weighted by Gasteiger charge is -2.27. The monoisotopic (exact) mass is 207 g/mol. The van der Waals surface area contributed by atoms with Crippen LogP contribution < -0.4 is 5.32 Å². The molecule has 2 heteroatoms. The SMILES string of the molecule is Cc1ccc(NC(C)C(C)(C)O)cc1C. The molecule has 1 aromatic carbocycles. The Hall–Kier alpha value is -1.02. The normalized spacial score (nSPS) is 13.7. The maximum atomic E-state index is 9.81. The van der Waals surface area contributed by atoms with E-state index in [4.69, 9.17) is 0 Å². The topological polar surface area (TPSA) is 32.3 Å². The predicted octanol–water partition coefficient (Wildman–Crippen LogP) is 2.87. The van der Waals surface area contributed by atoms with Gasteiger partial charge in [0.2, 0.25) is 0 Å². The van der Waals surface area contributed by atoms with E-state index in [1.165, 1.54) is 11.1 Å². The molecule has 1 atom stereocenters. The zero-order valence-corrected chi connectivity index (χ0v) is 10.3.